The molecule has 1 aliphatic rings. The highest BCUT2D eigenvalue weighted by atomic mass is 16.6. The molecule has 1 aromatic heterocycles. The molecule has 106 valence electrons. The lowest BCUT2D eigenvalue weighted by Crippen LogP contribution is -2.24. The van der Waals surface area contributed by atoms with E-state index in [4.69, 9.17) is 16.3 Å². The summed E-state index contributed by atoms with van der Waals surface area (Å²) in [6.07, 6.45) is -5.79. The molecule has 1 aliphatic heterocycles. The summed E-state index contributed by atoms with van der Waals surface area (Å²) < 4.78 is 49.7. The van der Waals surface area contributed by atoms with Gasteiger partial charge in [-0.3, -0.25) is 9.36 Å². The molecule has 0 unspecified atom stereocenters. The average molecular weight is 280 g/mol. The summed E-state index contributed by atoms with van der Waals surface area (Å²) in [5.41, 5.74) is -1.72. The number of aryl methyl sites for hydroxylation is 1. The fraction of sp³-hybridized carbons (Fsp3) is 0.667. The van der Waals surface area contributed by atoms with Crippen molar-refractivity contribution >= 4 is 0 Å². The third-order valence-electron chi connectivity index (χ3n) is 2.55. The van der Waals surface area contributed by atoms with Crippen LogP contribution in [0.1, 0.15) is 31.9 Å². The first-order chi connectivity index (χ1) is 11.1. The molecule has 7 heteroatoms. The SMILES string of the molecule is [3H][C@@H]1[C@H](O)[C@@H](CO)O[C@@]1([3H])n1cc(C([3H])([3H])[3H])c(=O)nc1OCC. The van der Waals surface area contributed by atoms with Gasteiger partial charge in [0.25, 0.3) is 5.56 Å². The van der Waals surface area contributed by atoms with E-state index in [1.165, 1.54) is 0 Å². The summed E-state index contributed by atoms with van der Waals surface area (Å²) in [4.78, 5) is 15.4. The molecular weight excluding hydrogens is 252 g/mol. The second-order valence-electron chi connectivity index (χ2n) is 3.88. The van der Waals surface area contributed by atoms with Crippen LogP contribution in [0.4, 0.5) is 0 Å². The van der Waals surface area contributed by atoms with Crippen LogP contribution in [0, 0.1) is 6.85 Å². The molecule has 1 saturated heterocycles. The van der Waals surface area contributed by atoms with E-state index < -0.39 is 55.4 Å². The molecule has 19 heavy (non-hydrogen) atoms. The van der Waals surface area contributed by atoms with Crippen molar-refractivity contribution in [3.63, 3.8) is 0 Å². The van der Waals surface area contributed by atoms with Crippen LogP contribution in [-0.2, 0) is 4.74 Å². The molecule has 0 radical (unpaired) electrons. The minimum atomic E-state index is -2.79. The fourth-order valence-electron chi connectivity index (χ4n) is 1.63. The van der Waals surface area contributed by atoms with Gasteiger partial charge >= 0.3 is 6.01 Å². The van der Waals surface area contributed by atoms with Gasteiger partial charge in [0.2, 0.25) is 0 Å². The normalized spacial score (nSPS) is 38.9. The van der Waals surface area contributed by atoms with Gasteiger partial charge in [-0.05, 0) is 13.8 Å². The first-order valence-electron chi connectivity index (χ1n) is 8.30. The van der Waals surface area contributed by atoms with Crippen LogP contribution < -0.4 is 10.3 Å². The molecule has 2 N–H and O–H groups in total. The van der Waals surface area contributed by atoms with Crippen molar-refractivity contribution in [2.24, 2.45) is 0 Å². The second kappa shape index (κ2) is 5.68. The van der Waals surface area contributed by atoms with Gasteiger partial charge in [-0.15, -0.1) is 0 Å². The minimum Gasteiger partial charge on any atom is -0.465 e. The van der Waals surface area contributed by atoms with E-state index in [9.17, 15) is 15.0 Å². The summed E-state index contributed by atoms with van der Waals surface area (Å²) in [6, 6.07) is -0.409. The lowest BCUT2D eigenvalue weighted by Gasteiger charge is -2.19. The van der Waals surface area contributed by atoms with E-state index in [2.05, 4.69) is 4.98 Å². The molecule has 0 aromatic carbocycles. The maximum atomic E-state index is 11.9. The lowest BCUT2D eigenvalue weighted by molar-refractivity contribution is -0.0473. The molecule has 0 bridgehead atoms. The zero-order chi connectivity index (χ0) is 18.3. The second-order valence-corrected chi connectivity index (χ2v) is 3.88. The Morgan fingerprint density at radius 3 is 3.21 bits per heavy atom. The van der Waals surface area contributed by atoms with Crippen molar-refractivity contribution in [1.82, 2.24) is 9.55 Å². The molecule has 2 heterocycles. The zero-order valence-corrected chi connectivity index (χ0v) is 10.2. The van der Waals surface area contributed by atoms with Gasteiger partial charge in [0, 0.05) is 23.6 Å². The summed E-state index contributed by atoms with van der Waals surface area (Å²) in [5, 5.41) is 19.1. The number of hydrogen-bond acceptors (Lipinski definition) is 6. The lowest BCUT2D eigenvalue weighted by atomic mass is 10.2. The summed E-state index contributed by atoms with van der Waals surface area (Å²) >= 11 is 0. The van der Waals surface area contributed by atoms with E-state index in [0.29, 0.717) is 0 Å². The van der Waals surface area contributed by atoms with Gasteiger partial charge < -0.3 is 19.7 Å². The number of nitrogens with zero attached hydrogens (tertiary/aromatic N) is 2. The van der Waals surface area contributed by atoms with Gasteiger partial charge in [0.1, 0.15) is 12.3 Å². The smallest absolute Gasteiger partial charge is 0.301 e. The first-order valence-corrected chi connectivity index (χ1v) is 5.72. The third-order valence-corrected chi connectivity index (χ3v) is 2.55. The summed E-state index contributed by atoms with van der Waals surface area (Å²) in [6.45, 7) is -1.78. The van der Waals surface area contributed by atoms with Crippen LogP contribution in [-0.4, -0.2) is 45.2 Å². The predicted octanol–water partition coefficient (Wildman–Crippen LogP) is -0.409. The van der Waals surface area contributed by atoms with Crippen molar-refractivity contribution in [3.05, 3.63) is 22.1 Å². The maximum Gasteiger partial charge on any atom is 0.301 e. The Morgan fingerprint density at radius 1 is 1.84 bits per heavy atom. The van der Waals surface area contributed by atoms with Crippen LogP contribution in [0.3, 0.4) is 0 Å². The molecule has 1 fully saturated rings. The van der Waals surface area contributed by atoms with Gasteiger partial charge in [0.15, 0.2) is 0 Å². The highest BCUT2D eigenvalue weighted by Gasteiger charge is 2.35. The van der Waals surface area contributed by atoms with Crippen LogP contribution in [0.25, 0.3) is 0 Å². The number of aliphatic hydroxyl groups is 2. The molecule has 4 atom stereocenters. The topological polar surface area (TPSA) is 93.8 Å². The molecular formula is C12H18N2O5. The Morgan fingerprint density at radius 2 is 2.63 bits per heavy atom. The molecule has 2 rings (SSSR count). The molecule has 0 saturated carbocycles. The van der Waals surface area contributed by atoms with Crippen LogP contribution in [0.15, 0.2) is 11.0 Å². The Labute approximate surface area is 117 Å². The standard InChI is InChI=1S/C12H18N2O5/c1-3-18-12-13-11(17)7(2)5-14(12)10-4-8(16)9(6-15)19-10/h5,8-10,15-16H,3-4,6H2,1-2H3/t8-,9+,10+/m0/s1/i2T3,4T,10T/t4-,8+,9-,10-/m1. The van der Waals surface area contributed by atoms with Crippen LogP contribution >= 0.6 is 0 Å². The molecule has 0 aliphatic carbocycles. The summed E-state index contributed by atoms with van der Waals surface area (Å²) in [5.74, 6) is 0. The van der Waals surface area contributed by atoms with Crippen molar-refractivity contribution in [3.8, 4) is 6.01 Å². The zero-order valence-electron chi connectivity index (χ0n) is 15.2. The van der Waals surface area contributed by atoms with Crippen molar-refractivity contribution in [2.45, 2.75) is 38.6 Å². The number of ether oxygens (including phenoxy) is 2. The highest BCUT2D eigenvalue weighted by Crippen LogP contribution is 2.30. The predicted molar refractivity (Wildman–Crippen MR) is 66.0 cm³/mol. The minimum absolute atomic E-state index is 0.0598. The fourth-order valence-corrected chi connectivity index (χ4v) is 1.63. The van der Waals surface area contributed by atoms with Gasteiger partial charge in [-0.2, -0.15) is 4.98 Å². The van der Waals surface area contributed by atoms with Crippen LogP contribution in [0.5, 0.6) is 6.01 Å². The molecule has 0 spiro atoms. The van der Waals surface area contributed by atoms with Crippen molar-refractivity contribution < 1.29 is 26.5 Å². The van der Waals surface area contributed by atoms with Crippen LogP contribution in [0.2, 0.25) is 0 Å². The number of rotatable bonds is 4. The monoisotopic (exact) mass is 280 g/mol. The first kappa shape index (κ1) is 8.68. The van der Waals surface area contributed by atoms with Gasteiger partial charge in [0.05, 0.1) is 20.7 Å². The number of aliphatic hydroxyl groups excluding tert-OH is 2. The van der Waals surface area contributed by atoms with E-state index in [1.54, 1.807) is 6.92 Å². The molecule has 1 aromatic rings. The average Bonchev–Trinajstić information content (AvgIpc) is 2.71. The van der Waals surface area contributed by atoms with Gasteiger partial charge in [-0.1, -0.05) is 0 Å². The van der Waals surface area contributed by atoms with E-state index in [1.807, 2.05) is 0 Å². The van der Waals surface area contributed by atoms with E-state index in [-0.39, 0.29) is 6.61 Å². The van der Waals surface area contributed by atoms with Crippen molar-refractivity contribution in [2.75, 3.05) is 13.2 Å². The number of aromatic nitrogens is 2. The molecule has 7 nitrogen and oxygen atoms in total. The Kier molecular flexibility index (Phi) is 2.60. The van der Waals surface area contributed by atoms with Crippen molar-refractivity contribution in [1.29, 1.82) is 0 Å². The summed E-state index contributed by atoms with van der Waals surface area (Å²) in [7, 11) is 0. The largest absolute Gasteiger partial charge is 0.465 e. The Bertz CT molecular complexity index is 666. The van der Waals surface area contributed by atoms with E-state index in [0.717, 1.165) is 10.8 Å². The Hall–Kier alpha value is -1.44. The quantitative estimate of drug-likeness (QED) is 0.779. The number of hydrogen-bond donors (Lipinski definition) is 2. The molecule has 0 amide bonds. The van der Waals surface area contributed by atoms with Gasteiger partial charge in [-0.25, -0.2) is 0 Å². The third kappa shape index (κ3) is 2.78. The highest BCUT2D eigenvalue weighted by molar-refractivity contribution is 5.10. The maximum absolute atomic E-state index is 11.9. The van der Waals surface area contributed by atoms with E-state index >= 15 is 0 Å². The Balaban J connectivity index is 2.65.